The van der Waals surface area contributed by atoms with E-state index < -0.39 is 0 Å². The molecule has 1 aliphatic heterocycles. The largest absolute Gasteiger partial charge is 0.495 e. The highest BCUT2D eigenvalue weighted by Crippen LogP contribution is 2.35. The summed E-state index contributed by atoms with van der Waals surface area (Å²) in [6.07, 6.45) is 5.67. The van der Waals surface area contributed by atoms with Gasteiger partial charge in [-0.1, -0.05) is 12.1 Å². The molecule has 3 aromatic heterocycles. The van der Waals surface area contributed by atoms with Crippen molar-refractivity contribution in [2.45, 2.75) is 32.0 Å². The zero-order chi connectivity index (χ0) is 25.8. The fraction of sp³-hybridized carbons (Fsp3) is 0.407. The molecular weight excluding hydrogens is 466 g/mol. The molecule has 4 heterocycles. The minimum atomic E-state index is 0.425. The molecule has 0 spiro atoms. The summed E-state index contributed by atoms with van der Waals surface area (Å²) in [5.74, 6) is 1.14. The molecule has 10 nitrogen and oxygen atoms in total. The van der Waals surface area contributed by atoms with Crippen molar-refractivity contribution in [2.24, 2.45) is 0 Å². The van der Waals surface area contributed by atoms with Crippen molar-refractivity contribution in [2.75, 3.05) is 51.9 Å². The molecule has 1 aromatic carbocycles. The molecule has 1 aliphatic rings. The minimum absolute atomic E-state index is 0.425. The van der Waals surface area contributed by atoms with Crippen LogP contribution in [0.1, 0.15) is 18.5 Å². The average molecular weight is 502 g/mol. The number of nitrogen functional groups attached to an aromatic ring is 1. The van der Waals surface area contributed by atoms with Gasteiger partial charge in [0.05, 0.1) is 37.0 Å². The van der Waals surface area contributed by atoms with Crippen LogP contribution in [0.15, 0.2) is 48.9 Å². The van der Waals surface area contributed by atoms with Crippen LogP contribution in [-0.2, 0) is 13.1 Å². The number of ether oxygens (including phenoxy) is 1. The third kappa shape index (κ3) is 5.50. The Labute approximate surface area is 217 Å². The molecule has 0 radical (unpaired) electrons. The second-order valence-electron chi connectivity index (χ2n) is 9.66. The molecule has 37 heavy (non-hydrogen) atoms. The van der Waals surface area contributed by atoms with Gasteiger partial charge in [0.25, 0.3) is 0 Å². The van der Waals surface area contributed by atoms with Crippen molar-refractivity contribution in [1.82, 2.24) is 34.5 Å². The van der Waals surface area contributed by atoms with E-state index in [1.54, 1.807) is 13.3 Å². The maximum Gasteiger partial charge on any atom is 0.164 e. The SMILES string of the molecule is COc1cc(-c2nn(CCN3CCC(N(C)C)CC3)c3ncnc(N)c23)ccc1NCc1ccccn1. The highest BCUT2D eigenvalue weighted by molar-refractivity contribution is 5.98. The maximum absolute atomic E-state index is 6.33. The van der Waals surface area contributed by atoms with Crippen molar-refractivity contribution in [3.05, 3.63) is 54.6 Å². The van der Waals surface area contributed by atoms with Gasteiger partial charge in [0.2, 0.25) is 0 Å². The molecular formula is C27H35N9O. The van der Waals surface area contributed by atoms with Crippen LogP contribution in [0.25, 0.3) is 22.3 Å². The normalized spacial score (nSPS) is 14.9. The van der Waals surface area contributed by atoms with Crippen molar-refractivity contribution in [3.63, 3.8) is 0 Å². The van der Waals surface area contributed by atoms with Gasteiger partial charge >= 0.3 is 0 Å². The van der Waals surface area contributed by atoms with Crippen LogP contribution in [0, 0.1) is 0 Å². The molecule has 0 atom stereocenters. The van der Waals surface area contributed by atoms with Crippen LogP contribution < -0.4 is 15.8 Å². The van der Waals surface area contributed by atoms with E-state index in [1.807, 2.05) is 41.1 Å². The van der Waals surface area contributed by atoms with Gasteiger partial charge in [0.1, 0.15) is 23.6 Å². The lowest BCUT2D eigenvalue weighted by atomic mass is 10.0. The van der Waals surface area contributed by atoms with E-state index in [9.17, 15) is 0 Å². The van der Waals surface area contributed by atoms with Gasteiger partial charge in [-0.15, -0.1) is 0 Å². The summed E-state index contributed by atoms with van der Waals surface area (Å²) in [6.45, 7) is 4.44. The van der Waals surface area contributed by atoms with E-state index >= 15 is 0 Å². The quantitative estimate of drug-likeness (QED) is 0.357. The Morgan fingerprint density at radius 2 is 1.92 bits per heavy atom. The highest BCUT2D eigenvalue weighted by Gasteiger charge is 2.22. The number of rotatable bonds is 9. The standard InChI is InChI=1S/C27H35N9O/c1-34(2)21-9-12-35(13-10-21)14-15-36-27-24(26(28)31-18-32-27)25(33-36)19-7-8-22(23(16-19)37-3)30-17-20-6-4-5-11-29-20/h4-8,11,16,18,21,30H,9-10,12-15,17H2,1-3H3,(H2,28,31,32). The number of fused-ring (bicyclic) bond motifs is 1. The second kappa shape index (κ2) is 11.1. The molecule has 0 unspecified atom stereocenters. The number of anilines is 2. The van der Waals surface area contributed by atoms with Crippen LogP contribution >= 0.6 is 0 Å². The lowest BCUT2D eigenvalue weighted by molar-refractivity contribution is 0.141. The van der Waals surface area contributed by atoms with E-state index in [0.29, 0.717) is 18.4 Å². The van der Waals surface area contributed by atoms with Crippen molar-refractivity contribution < 1.29 is 4.74 Å². The summed E-state index contributed by atoms with van der Waals surface area (Å²) in [4.78, 5) is 18.0. The summed E-state index contributed by atoms with van der Waals surface area (Å²) in [5, 5.41) is 9.14. The Bertz CT molecular complexity index is 1330. The van der Waals surface area contributed by atoms with Crippen LogP contribution in [-0.4, -0.2) is 81.4 Å². The third-order valence-corrected chi connectivity index (χ3v) is 7.14. The van der Waals surface area contributed by atoms with E-state index in [1.165, 1.54) is 19.2 Å². The van der Waals surface area contributed by atoms with Gasteiger partial charge in [0.15, 0.2) is 5.65 Å². The topological polar surface area (TPSA) is 110 Å². The Kier molecular flexibility index (Phi) is 7.47. The Balaban J connectivity index is 1.37. The lowest BCUT2D eigenvalue weighted by Gasteiger charge is -2.35. The summed E-state index contributed by atoms with van der Waals surface area (Å²) in [7, 11) is 6.00. The van der Waals surface area contributed by atoms with Gasteiger partial charge in [-0.2, -0.15) is 5.10 Å². The highest BCUT2D eigenvalue weighted by atomic mass is 16.5. The first-order chi connectivity index (χ1) is 18.0. The zero-order valence-electron chi connectivity index (χ0n) is 21.8. The molecule has 0 bridgehead atoms. The summed E-state index contributed by atoms with van der Waals surface area (Å²) in [5.41, 5.74) is 10.6. The Morgan fingerprint density at radius 3 is 2.65 bits per heavy atom. The van der Waals surface area contributed by atoms with Crippen molar-refractivity contribution >= 4 is 22.5 Å². The van der Waals surface area contributed by atoms with Crippen LogP contribution in [0.2, 0.25) is 0 Å². The number of piperidine rings is 1. The smallest absolute Gasteiger partial charge is 0.164 e. The van der Waals surface area contributed by atoms with E-state index in [2.05, 4.69) is 44.2 Å². The van der Waals surface area contributed by atoms with E-state index in [4.69, 9.17) is 15.6 Å². The number of methoxy groups -OCH3 is 1. The number of pyridine rings is 1. The number of aromatic nitrogens is 5. The van der Waals surface area contributed by atoms with Crippen LogP contribution in [0.4, 0.5) is 11.5 Å². The fourth-order valence-corrected chi connectivity index (χ4v) is 4.96. The summed E-state index contributed by atoms with van der Waals surface area (Å²) in [6, 6.07) is 12.5. The Morgan fingerprint density at radius 1 is 1.08 bits per heavy atom. The van der Waals surface area contributed by atoms with Crippen LogP contribution in [0.3, 0.4) is 0 Å². The molecule has 1 saturated heterocycles. The summed E-state index contributed by atoms with van der Waals surface area (Å²) >= 11 is 0. The van der Waals surface area contributed by atoms with Crippen LogP contribution in [0.5, 0.6) is 5.75 Å². The number of nitrogens with zero attached hydrogens (tertiary/aromatic N) is 7. The number of nitrogens with two attached hydrogens (primary N) is 1. The number of hydrogen-bond acceptors (Lipinski definition) is 9. The minimum Gasteiger partial charge on any atom is -0.495 e. The lowest BCUT2D eigenvalue weighted by Crippen LogP contribution is -2.42. The fourth-order valence-electron chi connectivity index (χ4n) is 4.96. The molecule has 0 aliphatic carbocycles. The molecule has 3 N–H and O–H groups in total. The zero-order valence-corrected chi connectivity index (χ0v) is 21.8. The second-order valence-corrected chi connectivity index (χ2v) is 9.66. The number of likely N-dealkylation sites (tertiary alicyclic amines) is 1. The van der Waals surface area contributed by atoms with Crippen molar-refractivity contribution in [3.8, 4) is 17.0 Å². The van der Waals surface area contributed by atoms with Gasteiger partial charge in [0, 0.05) is 24.3 Å². The molecule has 0 amide bonds. The molecule has 10 heteroatoms. The third-order valence-electron chi connectivity index (χ3n) is 7.14. The summed E-state index contributed by atoms with van der Waals surface area (Å²) < 4.78 is 7.67. The predicted octanol–water partition coefficient (Wildman–Crippen LogP) is 3.12. The van der Waals surface area contributed by atoms with Gasteiger partial charge in [-0.05, 0) is 64.3 Å². The van der Waals surface area contributed by atoms with Crippen molar-refractivity contribution in [1.29, 1.82) is 0 Å². The average Bonchev–Trinajstić information content (AvgIpc) is 3.31. The van der Waals surface area contributed by atoms with Gasteiger partial charge in [-0.3, -0.25) is 4.98 Å². The van der Waals surface area contributed by atoms with Gasteiger partial charge in [-0.25, -0.2) is 14.6 Å². The molecule has 0 saturated carbocycles. The van der Waals surface area contributed by atoms with E-state index in [0.717, 1.165) is 65.6 Å². The first-order valence-corrected chi connectivity index (χ1v) is 12.7. The molecule has 4 aromatic rings. The molecule has 5 rings (SSSR count). The molecule has 194 valence electrons. The monoisotopic (exact) mass is 501 g/mol. The number of hydrogen-bond donors (Lipinski definition) is 2. The molecule has 1 fully saturated rings. The first kappa shape index (κ1) is 24.9. The maximum atomic E-state index is 6.33. The Hall–Kier alpha value is -3.76. The van der Waals surface area contributed by atoms with Gasteiger partial charge < -0.3 is 25.6 Å². The number of nitrogens with one attached hydrogen (secondary N) is 1. The predicted molar refractivity (Wildman–Crippen MR) is 146 cm³/mol. The first-order valence-electron chi connectivity index (χ1n) is 12.7. The number of benzene rings is 1. The van der Waals surface area contributed by atoms with E-state index in [-0.39, 0.29) is 0 Å².